The monoisotopic (exact) mass is 238 g/mol. The van der Waals surface area contributed by atoms with E-state index in [4.69, 9.17) is 4.74 Å². The lowest BCUT2D eigenvalue weighted by atomic mass is 9.93. The summed E-state index contributed by atoms with van der Waals surface area (Å²) in [5.74, 6) is 0. The molecule has 0 saturated carbocycles. The molecule has 0 fully saturated rings. The zero-order valence-corrected chi connectivity index (χ0v) is 11.1. The van der Waals surface area contributed by atoms with E-state index < -0.39 is 0 Å². The van der Waals surface area contributed by atoms with Gasteiger partial charge in [-0.25, -0.2) is 0 Å². The van der Waals surface area contributed by atoms with Crippen molar-refractivity contribution in [1.82, 2.24) is 0 Å². The minimum absolute atomic E-state index is 0.0665. The number of fused-ring (bicyclic) bond motifs is 1. The largest absolute Gasteiger partial charge is 0.358 e. The predicted molar refractivity (Wildman–Crippen MR) is 73.6 cm³/mol. The van der Waals surface area contributed by atoms with Crippen LogP contribution in [0.15, 0.2) is 48.5 Å². The van der Waals surface area contributed by atoms with Gasteiger partial charge in [0.1, 0.15) is 6.10 Å². The van der Waals surface area contributed by atoms with Crippen molar-refractivity contribution in [3.05, 3.63) is 70.8 Å². The van der Waals surface area contributed by atoms with Gasteiger partial charge >= 0.3 is 0 Å². The maximum atomic E-state index is 6.25. The Hall–Kier alpha value is -1.60. The Kier molecular flexibility index (Phi) is 2.53. The van der Waals surface area contributed by atoms with Gasteiger partial charge in [0.05, 0.1) is 5.60 Å². The number of aryl methyl sites for hydroxylation is 1. The molecule has 0 N–H and O–H groups in total. The van der Waals surface area contributed by atoms with Crippen LogP contribution >= 0.6 is 0 Å². The zero-order chi connectivity index (χ0) is 12.8. The fraction of sp³-hybridized carbons (Fsp3) is 0.294. The van der Waals surface area contributed by atoms with Crippen LogP contribution in [-0.4, -0.2) is 0 Å². The molecule has 0 spiro atoms. The Balaban J connectivity index is 2.08. The molecule has 1 heterocycles. The van der Waals surface area contributed by atoms with Gasteiger partial charge in [0.2, 0.25) is 0 Å². The molecule has 0 amide bonds. The Morgan fingerprint density at radius 3 is 2.33 bits per heavy atom. The lowest BCUT2D eigenvalue weighted by molar-refractivity contribution is -0.0340. The second-order valence-corrected chi connectivity index (χ2v) is 5.51. The van der Waals surface area contributed by atoms with Crippen molar-refractivity contribution in [2.75, 3.05) is 0 Å². The molecule has 1 nitrogen and oxygen atoms in total. The van der Waals surface area contributed by atoms with Gasteiger partial charge in [-0.1, -0.05) is 54.1 Å². The topological polar surface area (TPSA) is 9.23 Å². The Bertz CT molecular complexity index is 566. The summed E-state index contributed by atoms with van der Waals surface area (Å²) in [4.78, 5) is 0. The fourth-order valence-electron chi connectivity index (χ4n) is 2.68. The maximum absolute atomic E-state index is 6.25. The van der Waals surface area contributed by atoms with Crippen molar-refractivity contribution in [3.8, 4) is 0 Å². The third-order valence-electron chi connectivity index (χ3n) is 3.68. The van der Waals surface area contributed by atoms with Crippen LogP contribution in [0.3, 0.4) is 0 Å². The highest BCUT2D eigenvalue weighted by molar-refractivity contribution is 5.43. The van der Waals surface area contributed by atoms with Gasteiger partial charge in [-0.3, -0.25) is 0 Å². The van der Waals surface area contributed by atoms with E-state index in [1.165, 1.54) is 22.3 Å². The van der Waals surface area contributed by atoms with Gasteiger partial charge in [0.25, 0.3) is 0 Å². The van der Waals surface area contributed by atoms with Crippen LogP contribution in [0.5, 0.6) is 0 Å². The Morgan fingerprint density at radius 2 is 1.61 bits per heavy atom. The summed E-state index contributed by atoms with van der Waals surface area (Å²) < 4.78 is 6.25. The smallest absolute Gasteiger partial charge is 0.109 e. The highest BCUT2D eigenvalue weighted by Gasteiger charge is 2.37. The quantitative estimate of drug-likeness (QED) is 0.717. The first-order valence-electron chi connectivity index (χ1n) is 6.42. The molecule has 3 rings (SSSR count). The second kappa shape index (κ2) is 3.96. The van der Waals surface area contributed by atoms with E-state index in [1.807, 2.05) is 0 Å². The summed E-state index contributed by atoms with van der Waals surface area (Å²) in [5, 5.41) is 0. The lowest BCUT2D eigenvalue weighted by Crippen LogP contribution is -2.15. The molecule has 1 aliphatic rings. The van der Waals surface area contributed by atoms with Gasteiger partial charge in [-0.15, -0.1) is 0 Å². The predicted octanol–water partition coefficient (Wildman–Crippen LogP) is 4.35. The van der Waals surface area contributed by atoms with E-state index in [1.54, 1.807) is 0 Å². The third-order valence-corrected chi connectivity index (χ3v) is 3.68. The summed E-state index contributed by atoms with van der Waals surface area (Å²) in [5.41, 5.74) is 4.91. The Morgan fingerprint density at radius 1 is 0.944 bits per heavy atom. The standard InChI is InChI=1S/C17H18O/c1-12-8-10-13(11-9-12)16-14-6-4-5-7-15(14)17(2,3)18-16/h4-11,16H,1-3H3/t16-/m1/s1. The van der Waals surface area contributed by atoms with E-state index in [0.29, 0.717) is 0 Å². The van der Waals surface area contributed by atoms with Crippen LogP contribution in [0.1, 0.15) is 42.2 Å². The van der Waals surface area contributed by atoms with Crippen LogP contribution in [0.4, 0.5) is 0 Å². The molecule has 18 heavy (non-hydrogen) atoms. The summed E-state index contributed by atoms with van der Waals surface area (Å²) >= 11 is 0. The first-order valence-corrected chi connectivity index (χ1v) is 6.42. The van der Waals surface area contributed by atoms with Crippen molar-refractivity contribution in [2.45, 2.75) is 32.5 Å². The molecule has 0 radical (unpaired) electrons. The number of hydrogen-bond donors (Lipinski definition) is 0. The van der Waals surface area contributed by atoms with Crippen molar-refractivity contribution in [3.63, 3.8) is 0 Å². The minimum Gasteiger partial charge on any atom is -0.358 e. The molecular weight excluding hydrogens is 220 g/mol. The molecule has 92 valence electrons. The Labute approximate surface area is 108 Å². The van der Waals surface area contributed by atoms with Crippen molar-refractivity contribution in [2.24, 2.45) is 0 Å². The average Bonchev–Trinajstić information content (AvgIpc) is 2.63. The molecule has 1 heteroatoms. The van der Waals surface area contributed by atoms with E-state index >= 15 is 0 Å². The fourth-order valence-corrected chi connectivity index (χ4v) is 2.68. The van der Waals surface area contributed by atoms with E-state index in [-0.39, 0.29) is 11.7 Å². The first-order chi connectivity index (χ1) is 8.58. The molecule has 2 aromatic rings. The van der Waals surface area contributed by atoms with Crippen molar-refractivity contribution >= 4 is 0 Å². The van der Waals surface area contributed by atoms with Crippen molar-refractivity contribution < 1.29 is 4.74 Å². The van der Waals surface area contributed by atoms with Gasteiger partial charge in [-0.05, 0) is 37.5 Å². The normalized spacial score (nSPS) is 20.7. The minimum atomic E-state index is -0.202. The average molecular weight is 238 g/mol. The SMILES string of the molecule is Cc1ccc([C@H]2OC(C)(C)c3ccccc32)cc1. The third kappa shape index (κ3) is 1.75. The van der Waals surface area contributed by atoms with Gasteiger partial charge < -0.3 is 4.74 Å². The lowest BCUT2D eigenvalue weighted by Gasteiger charge is -2.20. The van der Waals surface area contributed by atoms with Crippen LogP contribution in [-0.2, 0) is 10.3 Å². The van der Waals surface area contributed by atoms with Crippen LogP contribution in [0, 0.1) is 6.92 Å². The number of rotatable bonds is 1. The van der Waals surface area contributed by atoms with Crippen LogP contribution < -0.4 is 0 Å². The molecule has 0 saturated heterocycles. The zero-order valence-electron chi connectivity index (χ0n) is 11.1. The van der Waals surface area contributed by atoms with Crippen molar-refractivity contribution in [1.29, 1.82) is 0 Å². The summed E-state index contributed by atoms with van der Waals surface area (Å²) in [6, 6.07) is 17.1. The molecule has 1 atom stereocenters. The molecule has 0 bridgehead atoms. The second-order valence-electron chi connectivity index (χ2n) is 5.51. The number of ether oxygens (including phenoxy) is 1. The molecule has 2 aromatic carbocycles. The first kappa shape index (κ1) is 11.5. The maximum Gasteiger partial charge on any atom is 0.109 e. The van der Waals surface area contributed by atoms with Crippen LogP contribution in [0.2, 0.25) is 0 Å². The van der Waals surface area contributed by atoms with E-state index in [2.05, 4.69) is 69.3 Å². The van der Waals surface area contributed by atoms with Gasteiger partial charge in [-0.2, -0.15) is 0 Å². The highest BCUT2D eigenvalue weighted by atomic mass is 16.5. The van der Waals surface area contributed by atoms with Crippen LogP contribution in [0.25, 0.3) is 0 Å². The van der Waals surface area contributed by atoms with Gasteiger partial charge in [0, 0.05) is 0 Å². The highest BCUT2D eigenvalue weighted by Crippen LogP contribution is 2.45. The van der Waals surface area contributed by atoms with E-state index in [9.17, 15) is 0 Å². The molecular formula is C17H18O. The summed E-state index contributed by atoms with van der Waals surface area (Å²) in [6.45, 7) is 6.39. The van der Waals surface area contributed by atoms with E-state index in [0.717, 1.165) is 0 Å². The molecule has 1 aliphatic heterocycles. The summed E-state index contributed by atoms with van der Waals surface area (Å²) in [7, 11) is 0. The molecule has 0 unspecified atom stereocenters. The summed E-state index contributed by atoms with van der Waals surface area (Å²) in [6.07, 6.45) is 0.0665. The molecule has 0 aromatic heterocycles. The molecule has 0 aliphatic carbocycles. The van der Waals surface area contributed by atoms with Gasteiger partial charge in [0.15, 0.2) is 0 Å². The number of hydrogen-bond acceptors (Lipinski definition) is 1. The number of benzene rings is 2.